The molecule has 1 aromatic rings. The number of rotatable bonds is 4. The molecule has 0 saturated carbocycles. The van der Waals surface area contributed by atoms with E-state index in [0.717, 1.165) is 11.1 Å². The quantitative estimate of drug-likeness (QED) is 0.484. The molecule has 0 aliphatic carbocycles. The van der Waals surface area contributed by atoms with Gasteiger partial charge >= 0.3 is 5.97 Å². The zero-order chi connectivity index (χ0) is 12.1. The Morgan fingerprint density at radius 3 is 2.56 bits per heavy atom. The molecule has 0 saturated heterocycles. The van der Waals surface area contributed by atoms with E-state index in [9.17, 15) is 9.59 Å². The lowest BCUT2D eigenvalue weighted by Crippen LogP contribution is -2.07. The zero-order valence-corrected chi connectivity index (χ0v) is 10.8. The lowest BCUT2D eigenvalue weighted by atomic mass is 10.0. The van der Waals surface area contributed by atoms with Crippen LogP contribution in [-0.4, -0.2) is 24.2 Å². The van der Waals surface area contributed by atoms with E-state index in [-0.39, 0.29) is 18.2 Å². The standard InChI is InChI=1S/C12H13BrO3/c1-8-5-9(6-12(15)16-2)3-4-10(8)11(14)7-13/h3-5H,6-7H2,1-2H3. The van der Waals surface area contributed by atoms with Gasteiger partial charge < -0.3 is 4.74 Å². The number of halogens is 1. The van der Waals surface area contributed by atoms with Crippen LogP contribution in [-0.2, 0) is 16.0 Å². The lowest BCUT2D eigenvalue weighted by molar-refractivity contribution is -0.139. The van der Waals surface area contributed by atoms with Crippen molar-refractivity contribution in [1.82, 2.24) is 0 Å². The molecular weight excluding hydrogens is 272 g/mol. The zero-order valence-electron chi connectivity index (χ0n) is 9.25. The monoisotopic (exact) mass is 284 g/mol. The molecule has 4 heteroatoms. The molecule has 1 rings (SSSR count). The van der Waals surface area contributed by atoms with Crippen LogP contribution in [0.3, 0.4) is 0 Å². The van der Waals surface area contributed by atoms with Crippen molar-refractivity contribution in [2.45, 2.75) is 13.3 Å². The summed E-state index contributed by atoms with van der Waals surface area (Å²) in [5, 5.41) is 0.310. The van der Waals surface area contributed by atoms with Crippen LogP contribution in [0.2, 0.25) is 0 Å². The molecule has 0 N–H and O–H groups in total. The van der Waals surface area contributed by atoms with Crippen molar-refractivity contribution in [3.63, 3.8) is 0 Å². The van der Waals surface area contributed by atoms with E-state index in [0.29, 0.717) is 10.9 Å². The van der Waals surface area contributed by atoms with Gasteiger partial charge in [0.25, 0.3) is 0 Å². The fraction of sp³-hybridized carbons (Fsp3) is 0.333. The number of hydrogen-bond acceptors (Lipinski definition) is 3. The summed E-state index contributed by atoms with van der Waals surface area (Å²) in [7, 11) is 1.36. The number of hydrogen-bond donors (Lipinski definition) is 0. The summed E-state index contributed by atoms with van der Waals surface area (Å²) < 4.78 is 4.58. The predicted molar refractivity (Wildman–Crippen MR) is 65.0 cm³/mol. The van der Waals surface area contributed by atoms with Gasteiger partial charge in [-0.3, -0.25) is 9.59 Å². The number of ketones is 1. The highest BCUT2D eigenvalue weighted by Gasteiger charge is 2.09. The Hall–Kier alpha value is -1.16. The van der Waals surface area contributed by atoms with Crippen molar-refractivity contribution < 1.29 is 14.3 Å². The normalized spacial score (nSPS) is 9.94. The van der Waals surface area contributed by atoms with Crippen molar-refractivity contribution in [2.75, 3.05) is 12.4 Å². The molecule has 0 amide bonds. The minimum absolute atomic E-state index is 0.0436. The molecule has 0 bridgehead atoms. The molecule has 0 radical (unpaired) electrons. The van der Waals surface area contributed by atoms with Gasteiger partial charge in [0.1, 0.15) is 0 Å². The van der Waals surface area contributed by atoms with Crippen LogP contribution in [0.25, 0.3) is 0 Å². The molecule has 0 spiro atoms. The highest BCUT2D eigenvalue weighted by Crippen LogP contribution is 2.13. The van der Waals surface area contributed by atoms with Crippen molar-refractivity contribution in [3.05, 3.63) is 34.9 Å². The molecule has 3 nitrogen and oxygen atoms in total. The van der Waals surface area contributed by atoms with Gasteiger partial charge in [0.15, 0.2) is 5.78 Å². The Labute approximate surface area is 103 Å². The number of carbonyl (C=O) groups excluding carboxylic acids is 2. The number of benzene rings is 1. The van der Waals surface area contributed by atoms with Gasteiger partial charge in [-0.2, -0.15) is 0 Å². The Morgan fingerprint density at radius 2 is 2.06 bits per heavy atom. The van der Waals surface area contributed by atoms with E-state index >= 15 is 0 Å². The van der Waals surface area contributed by atoms with E-state index in [1.54, 1.807) is 12.1 Å². The fourth-order valence-electron chi connectivity index (χ4n) is 1.46. The first kappa shape index (κ1) is 12.9. The number of alkyl halides is 1. The highest BCUT2D eigenvalue weighted by atomic mass is 79.9. The number of Topliss-reactive ketones (excluding diaryl/α,β-unsaturated/α-hetero) is 1. The number of aryl methyl sites for hydroxylation is 1. The van der Waals surface area contributed by atoms with E-state index in [1.165, 1.54) is 7.11 Å². The van der Waals surface area contributed by atoms with Crippen LogP contribution in [0.4, 0.5) is 0 Å². The average Bonchev–Trinajstić information content (AvgIpc) is 2.28. The highest BCUT2D eigenvalue weighted by molar-refractivity contribution is 9.09. The Morgan fingerprint density at radius 1 is 1.38 bits per heavy atom. The van der Waals surface area contributed by atoms with Gasteiger partial charge in [-0.25, -0.2) is 0 Å². The molecule has 16 heavy (non-hydrogen) atoms. The van der Waals surface area contributed by atoms with Gasteiger partial charge in [0.2, 0.25) is 0 Å². The van der Waals surface area contributed by atoms with Crippen LogP contribution in [0.1, 0.15) is 21.5 Å². The van der Waals surface area contributed by atoms with Crippen molar-refractivity contribution in [1.29, 1.82) is 0 Å². The van der Waals surface area contributed by atoms with E-state index in [2.05, 4.69) is 20.7 Å². The summed E-state index contributed by atoms with van der Waals surface area (Å²) in [6.07, 6.45) is 0.236. The molecule has 0 aliphatic rings. The smallest absolute Gasteiger partial charge is 0.309 e. The van der Waals surface area contributed by atoms with Gasteiger partial charge in [0, 0.05) is 5.56 Å². The van der Waals surface area contributed by atoms with E-state index in [1.807, 2.05) is 13.0 Å². The van der Waals surface area contributed by atoms with E-state index < -0.39 is 0 Å². The number of methoxy groups -OCH3 is 1. The van der Waals surface area contributed by atoms with Crippen LogP contribution in [0.15, 0.2) is 18.2 Å². The molecule has 0 fully saturated rings. The maximum absolute atomic E-state index is 11.5. The summed E-state index contributed by atoms with van der Waals surface area (Å²) in [6, 6.07) is 5.36. The number of ether oxygens (including phenoxy) is 1. The summed E-state index contributed by atoms with van der Waals surface area (Å²) >= 11 is 3.13. The third kappa shape index (κ3) is 3.17. The Kier molecular flexibility index (Phi) is 4.68. The van der Waals surface area contributed by atoms with Crippen molar-refractivity contribution in [3.8, 4) is 0 Å². The maximum Gasteiger partial charge on any atom is 0.309 e. The first-order valence-electron chi connectivity index (χ1n) is 4.84. The van der Waals surface area contributed by atoms with Gasteiger partial charge in [-0.15, -0.1) is 0 Å². The fourth-order valence-corrected chi connectivity index (χ4v) is 1.76. The van der Waals surface area contributed by atoms with Crippen LogP contribution < -0.4 is 0 Å². The number of carbonyl (C=O) groups is 2. The summed E-state index contributed by atoms with van der Waals surface area (Å²) in [5.74, 6) is -0.235. The van der Waals surface area contributed by atoms with Gasteiger partial charge in [-0.05, 0) is 18.1 Å². The maximum atomic E-state index is 11.5. The summed E-state index contributed by atoms with van der Waals surface area (Å²) in [6.45, 7) is 1.86. The minimum atomic E-state index is -0.279. The second-order valence-electron chi connectivity index (χ2n) is 3.46. The molecule has 1 aromatic carbocycles. The largest absolute Gasteiger partial charge is 0.469 e. The Bertz CT molecular complexity index is 413. The minimum Gasteiger partial charge on any atom is -0.469 e. The second kappa shape index (κ2) is 5.80. The first-order valence-corrected chi connectivity index (χ1v) is 5.96. The molecule has 0 unspecified atom stereocenters. The third-order valence-corrected chi connectivity index (χ3v) is 2.80. The molecule has 0 heterocycles. The lowest BCUT2D eigenvalue weighted by Gasteiger charge is -2.06. The van der Waals surface area contributed by atoms with Crippen LogP contribution in [0, 0.1) is 6.92 Å². The first-order chi connectivity index (χ1) is 7.58. The topological polar surface area (TPSA) is 43.4 Å². The van der Waals surface area contributed by atoms with Crippen LogP contribution in [0.5, 0.6) is 0 Å². The van der Waals surface area contributed by atoms with E-state index in [4.69, 9.17) is 0 Å². The Balaban J connectivity index is 2.91. The van der Waals surface area contributed by atoms with Crippen molar-refractivity contribution in [2.24, 2.45) is 0 Å². The number of esters is 1. The van der Waals surface area contributed by atoms with Crippen molar-refractivity contribution >= 4 is 27.7 Å². The predicted octanol–water partition coefficient (Wildman–Crippen LogP) is 2.29. The molecule has 0 aromatic heterocycles. The molecule has 0 aliphatic heterocycles. The average molecular weight is 285 g/mol. The van der Waals surface area contributed by atoms with Crippen LogP contribution >= 0.6 is 15.9 Å². The SMILES string of the molecule is COC(=O)Cc1ccc(C(=O)CBr)c(C)c1. The molecule has 86 valence electrons. The van der Waals surface area contributed by atoms with Gasteiger partial charge in [-0.1, -0.05) is 34.1 Å². The summed E-state index contributed by atoms with van der Waals surface area (Å²) in [5.41, 5.74) is 2.42. The molecular formula is C12H13BrO3. The molecule has 0 atom stereocenters. The third-order valence-electron chi connectivity index (χ3n) is 2.29. The summed E-state index contributed by atoms with van der Waals surface area (Å²) in [4.78, 5) is 22.6. The van der Waals surface area contributed by atoms with Gasteiger partial charge in [0.05, 0.1) is 18.9 Å². The second-order valence-corrected chi connectivity index (χ2v) is 4.02.